The first-order chi connectivity index (χ1) is 4.98. The molecule has 2 nitrogen and oxygen atoms in total. The number of rotatable bonds is 4. The molecule has 0 saturated heterocycles. The Kier molecular flexibility index (Phi) is 5.13. The van der Waals surface area contributed by atoms with Gasteiger partial charge in [0.15, 0.2) is 0 Å². The van der Waals surface area contributed by atoms with Crippen molar-refractivity contribution in [2.45, 2.75) is 41.0 Å². The third-order valence-corrected chi connectivity index (χ3v) is 8.40. The van der Waals surface area contributed by atoms with E-state index < -0.39 is 18.8 Å². The maximum atomic E-state index is 10.7. The Balaban J connectivity index is 3.70. The second-order valence-corrected chi connectivity index (χ2v) is 15.5. The summed E-state index contributed by atoms with van der Waals surface area (Å²) in [5, 5.41) is 0. The van der Waals surface area contributed by atoms with Crippen molar-refractivity contribution in [1.82, 2.24) is 0 Å². The predicted molar refractivity (Wildman–Crippen MR) is 49.0 cm³/mol. The minimum atomic E-state index is -2.33. The van der Waals surface area contributed by atoms with Crippen molar-refractivity contribution < 1.29 is 7.87 Å². The molecule has 0 aliphatic carbocycles. The fourth-order valence-corrected chi connectivity index (χ4v) is 6.99. The summed E-state index contributed by atoms with van der Waals surface area (Å²) in [5.74, 6) is -0.0955. The van der Waals surface area contributed by atoms with Gasteiger partial charge in [-0.1, -0.05) is 0 Å². The van der Waals surface area contributed by atoms with Crippen LogP contribution in [-0.4, -0.2) is 24.8 Å². The van der Waals surface area contributed by atoms with Gasteiger partial charge in [-0.05, 0) is 0 Å². The molecule has 0 rings (SSSR count). The van der Waals surface area contributed by atoms with Gasteiger partial charge in [-0.15, -0.1) is 0 Å². The van der Waals surface area contributed by atoms with Crippen molar-refractivity contribution >= 4 is 24.8 Å². The molecule has 66 valence electrons. The number of carbonyl (C=O) groups is 1. The molecule has 0 saturated carbocycles. The molecule has 0 unspecified atom stereocenters. The molecule has 0 amide bonds. The van der Waals surface area contributed by atoms with E-state index >= 15 is 0 Å². The van der Waals surface area contributed by atoms with Crippen LogP contribution in [0.25, 0.3) is 0 Å². The van der Waals surface area contributed by atoms with Crippen LogP contribution >= 0.6 is 0 Å². The number of hydrogen-bond acceptors (Lipinski definition) is 2. The normalized spacial score (nSPS) is 11.3. The molecule has 0 aromatic heterocycles. The van der Waals surface area contributed by atoms with Gasteiger partial charge in [-0.3, -0.25) is 0 Å². The number of carbonyl (C=O) groups excluding carboxylic acids is 1. The molecule has 11 heavy (non-hydrogen) atoms. The van der Waals surface area contributed by atoms with Crippen molar-refractivity contribution in [3.05, 3.63) is 0 Å². The number of unbranched alkanes of at least 4 members (excludes halogenated alkanes) is 1. The van der Waals surface area contributed by atoms with E-state index in [4.69, 9.17) is 3.07 Å². The molecule has 0 fully saturated rings. The van der Waals surface area contributed by atoms with Crippen molar-refractivity contribution in [3.8, 4) is 0 Å². The van der Waals surface area contributed by atoms with Crippen LogP contribution in [0.4, 0.5) is 0 Å². The van der Waals surface area contributed by atoms with Gasteiger partial charge in [-0.2, -0.15) is 0 Å². The Morgan fingerprint density at radius 3 is 2.36 bits per heavy atom. The Bertz CT molecular complexity index is 132. The van der Waals surface area contributed by atoms with Crippen LogP contribution in [0.2, 0.25) is 14.3 Å². The van der Waals surface area contributed by atoms with Gasteiger partial charge in [-0.25, -0.2) is 0 Å². The van der Waals surface area contributed by atoms with Gasteiger partial charge >= 0.3 is 73.6 Å². The third-order valence-electron chi connectivity index (χ3n) is 1.55. The first-order valence-corrected chi connectivity index (χ1v) is 13.1. The van der Waals surface area contributed by atoms with E-state index in [1.165, 1.54) is 19.8 Å². The molecule has 0 aliphatic heterocycles. The van der Waals surface area contributed by atoms with E-state index in [0.29, 0.717) is 0 Å². The molecule has 0 atom stereocenters. The number of hydrogen-bond donors (Lipinski definition) is 0. The fraction of sp³-hybridized carbons (Fsp3) is 0.875. The van der Waals surface area contributed by atoms with Crippen molar-refractivity contribution in [1.29, 1.82) is 0 Å². The maximum absolute atomic E-state index is 10.7. The van der Waals surface area contributed by atoms with E-state index in [1.807, 2.05) is 0 Å². The quantitative estimate of drug-likeness (QED) is 0.730. The molecule has 0 heterocycles. The summed E-state index contributed by atoms with van der Waals surface area (Å²) >= 11 is -2.33. The zero-order valence-electron chi connectivity index (χ0n) is 7.94. The molecule has 0 spiro atoms. The van der Waals surface area contributed by atoms with Crippen LogP contribution in [0.15, 0.2) is 0 Å². The zero-order valence-corrected chi connectivity index (χ0v) is 10.8. The Labute approximate surface area is 73.7 Å². The molecule has 0 aromatic carbocycles. The van der Waals surface area contributed by atoms with Crippen LogP contribution in [0.1, 0.15) is 26.7 Å². The summed E-state index contributed by atoms with van der Waals surface area (Å²) in [7, 11) is 0. The monoisotopic (exact) mass is 266 g/mol. The van der Waals surface area contributed by atoms with Gasteiger partial charge in [0, 0.05) is 0 Å². The molecule has 0 aliphatic rings. The van der Waals surface area contributed by atoms with Crippen LogP contribution in [-0.2, 0) is 7.87 Å². The van der Waals surface area contributed by atoms with Gasteiger partial charge in [0.2, 0.25) is 0 Å². The van der Waals surface area contributed by atoms with E-state index in [2.05, 4.69) is 16.8 Å². The van der Waals surface area contributed by atoms with Crippen molar-refractivity contribution in [2.24, 2.45) is 0 Å². The third kappa shape index (κ3) is 6.66. The molecule has 3 heteroatoms. The average molecular weight is 265 g/mol. The summed E-state index contributed by atoms with van der Waals surface area (Å²) < 4.78 is 6.47. The zero-order chi connectivity index (χ0) is 8.91. The first-order valence-electron chi connectivity index (χ1n) is 4.17. The molecular formula is C8H18O2Sn. The summed E-state index contributed by atoms with van der Waals surface area (Å²) in [6.45, 7) is 3.67. The molecular weight excluding hydrogens is 247 g/mol. The first kappa shape index (κ1) is 11.3. The van der Waals surface area contributed by atoms with Gasteiger partial charge in [0.05, 0.1) is 0 Å². The summed E-state index contributed by atoms with van der Waals surface area (Å²) in [4.78, 5) is 15.0. The molecule has 0 radical (unpaired) electrons. The SMILES string of the molecule is CCC[CH2][Sn]([CH3])([CH3])[O]C(C)=O. The second kappa shape index (κ2) is 5.01. The Hall–Kier alpha value is 0.269. The fourth-order valence-electron chi connectivity index (χ4n) is 1.04. The van der Waals surface area contributed by atoms with Gasteiger partial charge in [0.1, 0.15) is 0 Å². The van der Waals surface area contributed by atoms with Crippen molar-refractivity contribution in [2.75, 3.05) is 0 Å². The molecule has 0 bridgehead atoms. The molecule has 0 N–H and O–H groups in total. The topological polar surface area (TPSA) is 26.3 Å². The van der Waals surface area contributed by atoms with Crippen molar-refractivity contribution in [3.63, 3.8) is 0 Å². The van der Waals surface area contributed by atoms with Gasteiger partial charge in [0.25, 0.3) is 0 Å². The Morgan fingerprint density at radius 1 is 1.45 bits per heavy atom. The summed E-state index contributed by atoms with van der Waals surface area (Å²) in [6.07, 6.45) is 2.40. The van der Waals surface area contributed by atoms with E-state index in [9.17, 15) is 4.79 Å². The van der Waals surface area contributed by atoms with E-state index in [-0.39, 0.29) is 5.97 Å². The van der Waals surface area contributed by atoms with Crippen LogP contribution in [0.5, 0.6) is 0 Å². The van der Waals surface area contributed by atoms with Crippen LogP contribution < -0.4 is 0 Å². The predicted octanol–water partition coefficient (Wildman–Crippen LogP) is 2.55. The Morgan fingerprint density at radius 2 is 2.00 bits per heavy atom. The second-order valence-electron chi connectivity index (χ2n) is 3.46. The van der Waals surface area contributed by atoms with E-state index in [0.717, 1.165) is 4.44 Å². The standard InChI is InChI=1S/C4H9.C2H4O2.2CH3.Sn/c1-3-4-2;1-2(3)4;;;/h1,3-4H2,2H3;1H3,(H,3,4);2*1H3;/q;;;;+1/p-1. The minimum absolute atomic E-state index is 0.0955. The summed E-state index contributed by atoms with van der Waals surface area (Å²) in [5.41, 5.74) is 0. The summed E-state index contributed by atoms with van der Waals surface area (Å²) in [6, 6.07) is 0. The van der Waals surface area contributed by atoms with Gasteiger partial charge < -0.3 is 0 Å². The van der Waals surface area contributed by atoms with Crippen LogP contribution in [0.3, 0.4) is 0 Å². The van der Waals surface area contributed by atoms with E-state index in [1.54, 1.807) is 0 Å². The average Bonchev–Trinajstić information content (AvgIpc) is 1.81. The van der Waals surface area contributed by atoms with Crippen LogP contribution in [0, 0.1) is 0 Å². The molecule has 0 aromatic rings.